The molecule has 3 aromatic rings. The van der Waals surface area contributed by atoms with E-state index < -0.39 is 0 Å². The number of para-hydroxylation sites is 1. The molecule has 0 N–H and O–H groups in total. The molecule has 0 aliphatic carbocycles. The van der Waals surface area contributed by atoms with Gasteiger partial charge >= 0.3 is 0 Å². The Hall–Kier alpha value is -2.88. The number of aryl methyl sites for hydroxylation is 1. The fourth-order valence-corrected chi connectivity index (χ4v) is 3.41. The lowest BCUT2D eigenvalue weighted by Gasteiger charge is -2.30. The molecule has 4 rings (SSSR count). The van der Waals surface area contributed by atoms with Crippen molar-refractivity contribution >= 4 is 17.5 Å². The zero-order valence-electron chi connectivity index (χ0n) is 15.4. The normalized spacial score (nSPS) is 13.4. The van der Waals surface area contributed by atoms with E-state index in [9.17, 15) is 0 Å². The lowest BCUT2D eigenvalue weighted by Crippen LogP contribution is -2.32. The molecule has 1 aromatic heterocycles. The van der Waals surface area contributed by atoms with Gasteiger partial charge in [-0.2, -0.15) is 4.98 Å². The minimum atomic E-state index is 0.830. The molecule has 0 fully saturated rings. The number of rotatable bonds is 4. The Morgan fingerprint density at radius 3 is 2.46 bits per heavy atom. The highest BCUT2D eigenvalue weighted by Gasteiger charge is 2.20. The molecule has 1 aliphatic rings. The van der Waals surface area contributed by atoms with Crippen LogP contribution in [-0.4, -0.2) is 23.6 Å². The van der Waals surface area contributed by atoms with Crippen molar-refractivity contribution in [3.05, 3.63) is 77.5 Å². The zero-order valence-corrected chi connectivity index (χ0v) is 15.4. The number of fused-ring (bicyclic) bond motifs is 1. The third kappa shape index (κ3) is 3.27. The van der Waals surface area contributed by atoms with E-state index in [1.807, 2.05) is 6.07 Å². The van der Waals surface area contributed by atoms with Crippen LogP contribution in [0.5, 0.6) is 0 Å². The van der Waals surface area contributed by atoms with Crippen LogP contribution in [0.2, 0.25) is 0 Å². The second kappa shape index (κ2) is 7.16. The van der Waals surface area contributed by atoms with E-state index in [0.717, 1.165) is 49.1 Å². The first-order valence-electron chi connectivity index (χ1n) is 9.23. The third-order valence-corrected chi connectivity index (χ3v) is 5.02. The van der Waals surface area contributed by atoms with Gasteiger partial charge in [0.1, 0.15) is 5.82 Å². The van der Waals surface area contributed by atoms with Crippen LogP contribution in [0, 0.1) is 0 Å². The number of benzene rings is 2. The van der Waals surface area contributed by atoms with E-state index in [-0.39, 0.29) is 0 Å². The summed E-state index contributed by atoms with van der Waals surface area (Å²) in [6.07, 6.45) is 1.94. The molecule has 0 spiro atoms. The molecule has 2 heterocycles. The predicted octanol–water partition coefficient (Wildman–Crippen LogP) is 4.37. The average Bonchev–Trinajstić information content (AvgIpc) is 2.73. The summed E-state index contributed by atoms with van der Waals surface area (Å²) in [5.41, 5.74) is 5.02. The van der Waals surface area contributed by atoms with Crippen molar-refractivity contribution in [1.82, 2.24) is 9.97 Å². The summed E-state index contributed by atoms with van der Waals surface area (Å²) in [7, 11) is 2.06. The maximum atomic E-state index is 4.89. The van der Waals surface area contributed by atoms with E-state index in [0.29, 0.717) is 0 Å². The maximum Gasteiger partial charge on any atom is 0.227 e. The Morgan fingerprint density at radius 2 is 1.69 bits per heavy atom. The summed E-state index contributed by atoms with van der Waals surface area (Å²) in [5.74, 6) is 1.77. The SMILES string of the molecule is CCc1cc(N(C)c2ccccc2)nc(N2CCc3ccccc3C2)n1. The summed E-state index contributed by atoms with van der Waals surface area (Å²) < 4.78 is 0. The largest absolute Gasteiger partial charge is 0.336 e. The lowest BCUT2D eigenvalue weighted by molar-refractivity contribution is 0.703. The van der Waals surface area contributed by atoms with Gasteiger partial charge < -0.3 is 9.80 Å². The average molecular weight is 344 g/mol. The molecular weight excluding hydrogens is 320 g/mol. The van der Waals surface area contributed by atoms with Crippen molar-refractivity contribution in [2.24, 2.45) is 0 Å². The van der Waals surface area contributed by atoms with Crippen LogP contribution in [0.15, 0.2) is 60.7 Å². The molecule has 2 aromatic carbocycles. The van der Waals surface area contributed by atoms with E-state index >= 15 is 0 Å². The molecule has 0 unspecified atom stereocenters. The summed E-state index contributed by atoms with van der Waals surface area (Å²) in [6.45, 7) is 3.97. The Kier molecular flexibility index (Phi) is 4.57. The second-order valence-electron chi connectivity index (χ2n) is 6.71. The summed E-state index contributed by atoms with van der Waals surface area (Å²) in [4.78, 5) is 14.1. The van der Waals surface area contributed by atoms with Crippen LogP contribution in [0.3, 0.4) is 0 Å². The fraction of sp³-hybridized carbons (Fsp3) is 0.273. The first-order chi connectivity index (χ1) is 12.7. The van der Waals surface area contributed by atoms with E-state index in [1.54, 1.807) is 0 Å². The standard InChI is InChI=1S/C22H24N4/c1-3-19-15-21(25(2)20-11-5-4-6-12-20)24-22(23-19)26-14-13-17-9-7-8-10-18(17)16-26/h4-12,15H,3,13-14,16H2,1-2H3. The Bertz CT molecular complexity index is 892. The van der Waals surface area contributed by atoms with Crippen molar-refractivity contribution in [3.63, 3.8) is 0 Å². The minimum Gasteiger partial charge on any atom is -0.336 e. The smallest absolute Gasteiger partial charge is 0.227 e. The van der Waals surface area contributed by atoms with Gasteiger partial charge in [0.25, 0.3) is 0 Å². The Labute approximate surface area is 155 Å². The van der Waals surface area contributed by atoms with Crippen molar-refractivity contribution < 1.29 is 0 Å². The van der Waals surface area contributed by atoms with Crippen molar-refractivity contribution in [1.29, 1.82) is 0 Å². The Morgan fingerprint density at radius 1 is 0.962 bits per heavy atom. The first kappa shape index (κ1) is 16.6. The fourth-order valence-electron chi connectivity index (χ4n) is 3.41. The quantitative estimate of drug-likeness (QED) is 0.703. The van der Waals surface area contributed by atoms with Crippen molar-refractivity contribution in [2.45, 2.75) is 26.3 Å². The van der Waals surface area contributed by atoms with Gasteiger partial charge in [-0.25, -0.2) is 4.98 Å². The van der Waals surface area contributed by atoms with Crippen LogP contribution in [0.1, 0.15) is 23.7 Å². The molecule has 4 nitrogen and oxygen atoms in total. The van der Waals surface area contributed by atoms with Crippen LogP contribution in [0.25, 0.3) is 0 Å². The van der Waals surface area contributed by atoms with Gasteiger partial charge in [0, 0.05) is 37.6 Å². The van der Waals surface area contributed by atoms with Gasteiger partial charge in [-0.05, 0) is 36.1 Å². The second-order valence-corrected chi connectivity index (χ2v) is 6.71. The molecule has 132 valence electrons. The number of nitrogens with zero attached hydrogens (tertiary/aromatic N) is 4. The zero-order chi connectivity index (χ0) is 17.9. The van der Waals surface area contributed by atoms with Gasteiger partial charge in [-0.3, -0.25) is 0 Å². The molecule has 0 saturated carbocycles. The highest BCUT2D eigenvalue weighted by Crippen LogP contribution is 2.27. The van der Waals surface area contributed by atoms with E-state index in [1.165, 1.54) is 11.1 Å². The maximum absolute atomic E-state index is 4.89. The lowest BCUT2D eigenvalue weighted by atomic mass is 10.0. The van der Waals surface area contributed by atoms with Crippen LogP contribution >= 0.6 is 0 Å². The van der Waals surface area contributed by atoms with Crippen molar-refractivity contribution in [2.75, 3.05) is 23.4 Å². The van der Waals surface area contributed by atoms with Gasteiger partial charge in [0.2, 0.25) is 5.95 Å². The molecule has 26 heavy (non-hydrogen) atoms. The summed E-state index contributed by atoms with van der Waals surface area (Å²) in [6, 6.07) is 21.1. The van der Waals surface area contributed by atoms with Crippen LogP contribution in [-0.2, 0) is 19.4 Å². The van der Waals surface area contributed by atoms with Crippen molar-refractivity contribution in [3.8, 4) is 0 Å². The molecular formula is C22H24N4. The van der Waals surface area contributed by atoms with Gasteiger partial charge in [-0.15, -0.1) is 0 Å². The monoisotopic (exact) mass is 344 g/mol. The molecule has 0 amide bonds. The molecule has 1 aliphatic heterocycles. The Balaban J connectivity index is 1.67. The summed E-state index contributed by atoms with van der Waals surface area (Å²) >= 11 is 0. The van der Waals surface area contributed by atoms with Gasteiger partial charge in [-0.1, -0.05) is 49.4 Å². The topological polar surface area (TPSA) is 32.3 Å². The number of anilines is 3. The first-order valence-corrected chi connectivity index (χ1v) is 9.23. The van der Waals surface area contributed by atoms with E-state index in [2.05, 4.69) is 78.4 Å². The third-order valence-electron chi connectivity index (χ3n) is 5.02. The molecule has 0 atom stereocenters. The van der Waals surface area contributed by atoms with E-state index in [4.69, 9.17) is 9.97 Å². The highest BCUT2D eigenvalue weighted by atomic mass is 15.3. The molecule has 0 saturated heterocycles. The summed E-state index contributed by atoms with van der Waals surface area (Å²) in [5, 5.41) is 0. The number of hydrogen-bond acceptors (Lipinski definition) is 4. The predicted molar refractivity (Wildman–Crippen MR) is 107 cm³/mol. The molecule has 0 radical (unpaired) electrons. The molecule has 0 bridgehead atoms. The minimum absolute atomic E-state index is 0.830. The van der Waals surface area contributed by atoms with Crippen LogP contribution < -0.4 is 9.80 Å². The number of aromatic nitrogens is 2. The highest BCUT2D eigenvalue weighted by molar-refractivity contribution is 5.60. The van der Waals surface area contributed by atoms with Crippen LogP contribution in [0.4, 0.5) is 17.5 Å². The van der Waals surface area contributed by atoms with Gasteiger partial charge in [0.15, 0.2) is 0 Å². The molecule has 4 heteroatoms. The number of hydrogen-bond donors (Lipinski definition) is 0. The van der Waals surface area contributed by atoms with Gasteiger partial charge in [0.05, 0.1) is 0 Å².